The highest BCUT2D eigenvalue weighted by Crippen LogP contribution is 2.29. The van der Waals surface area contributed by atoms with Crippen LogP contribution in [0, 0.1) is 0 Å². The van der Waals surface area contributed by atoms with Gasteiger partial charge in [-0.15, -0.1) is 0 Å². The zero-order valence-electron chi connectivity index (χ0n) is 17.8. The maximum Gasteiger partial charge on any atom is 0.255 e. The average molecular weight is 440 g/mol. The van der Waals surface area contributed by atoms with Crippen molar-refractivity contribution in [3.63, 3.8) is 0 Å². The summed E-state index contributed by atoms with van der Waals surface area (Å²) in [5.41, 5.74) is 11.6. The molecule has 33 heavy (non-hydrogen) atoms. The molecule has 0 fully saturated rings. The smallest absolute Gasteiger partial charge is 0.255 e. The minimum atomic E-state index is -0.00927. The Morgan fingerprint density at radius 1 is 1.24 bits per heavy atom. The van der Waals surface area contributed by atoms with Crippen molar-refractivity contribution in [2.24, 2.45) is 0 Å². The van der Waals surface area contributed by atoms with Gasteiger partial charge in [0, 0.05) is 42.6 Å². The predicted molar refractivity (Wildman–Crippen MR) is 128 cm³/mol. The number of hydrogen-bond donors (Lipinski definition) is 4. The van der Waals surface area contributed by atoms with Crippen LogP contribution in [0.25, 0.3) is 16.6 Å². The quantitative estimate of drug-likeness (QED) is 0.276. The van der Waals surface area contributed by atoms with Gasteiger partial charge in [-0.3, -0.25) is 15.2 Å². The molecule has 4 heterocycles. The molecule has 1 aromatic carbocycles. The first-order valence-corrected chi connectivity index (χ1v) is 10.6. The Balaban J connectivity index is 1.38. The Morgan fingerprint density at radius 2 is 2.15 bits per heavy atom. The van der Waals surface area contributed by atoms with Gasteiger partial charge in [-0.25, -0.2) is 9.97 Å². The fourth-order valence-electron chi connectivity index (χ4n) is 3.92. The highest BCUT2D eigenvalue weighted by Gasteiger charge is 2.21. The Hall–Kier alpha value is -4.53. The molecule has 1 amide bonds. The number of carbonyl (C=O) groups excluding carboxylic acids is 1. The summed E-state index contributed by atoms with van der Waals surface area (Å²) < 4.78 is 0. The summed E-state index contributed by atoms with van der Waals surface area (Å²) in [7, 11) is 0. The molecule has 0 spiro atoms. The summed E-state index contributed by atoms with van der Waals surface area (Å²) in [4.78, 5) is 30.7. The number of aromatic amines is 1. The molecule has 4 aromatic rings. The number of H-pyrrole nitrogens is 1. The molecule has 0 radical (unpaired) electrons. The van der Waals surface area contributed by atoms with Crippen LogP contribution in [0.1, 0.15) is 28.0 Å². The minimum absolute atomic E-state index is 0.00927. The monoisotopic (exact) mass is 439 g/mol. The lowest BCUT2D eigenvalue weighted by atomic mass is 10.0. The van der Waals surface area contributed by atoms with Crippen molar-refractivity contribution in [3.05, 3.63) is 78.0 Å². The first-order chi connectivity index (χ1) is 16.1. The number of anilines is 3. The van der Waals surface area contributed by atoms with Gasteiger partial charge in [0.2, 0.25) is 0 Å². The molecule has 0 saturated heterocycles. The Bertz CT molecular complexity index is 1380. The third-order valence-corrected chi connectivity index (χ3v) is 5.71. The minimum Gasteiger partial charge on any atom is -0.398 e. The Morgan fingerprint density at radius 3 is 2.91 bits per heavy atom. The number of aromatic nitrogens is 4. The lowest BCUT2D eigenvalue weighted by Gasteiger charge is -2.26. The number of benzene rings is 1. The van der Waals surface area contributed by atoms with E-state index in [4.69, 9.17) is 11.1 Å². The van der Waals surface area contributed by atoms with Crippen LogP contribution in [0.4, 0.5) is 17.2 Å². The van der Waals surface area contributed by atoms with E-state index in [1.807, 2.05) is 23.1 Å². The number of nitrogens with one attached hydrogen (secondary N) is 2. The second-order valence-electron chi connectivity index (χ2n) is 7.78. The number of rotatable bonds is 5. The van der Waals surface area contributed by atoms with Crippen LogP contribution in [0.15, 0.2) is 61.2 Å². The van der Waals surface area contributed by atoms with Crippen molar-refractivity contribution in [3.8, 4) is 0 Å². The van der Waals surface area contributed by atoms with Gasteiger partial charge in [-0.2, -0.15) is 0 Å². The normalized spacial score (nSPS) is 13.6. The van der Waals surface area contributed by atoms with E-state index in [1.54, 1.807) is 30.6 Å². The third kappa shape index (κ3) is 4.03. The van der Waals surface area contributed by atoms with Gasteiger partial charge in [0.1, 0.15) is 17.8 Å². The second-order valence-corrected chi connectivity index (χ2v) is 7.78. The summed E-state index contributed by atoms with van der Waals surface area (Å²) in [5.74, 6) is 0.671. The molecule has 1 aliphatic heterocycles. The zero-order chi connectivity index (χ0) is 22.8. The van der Waals surface area contributed by atoms with E-state index >= 15 is 0 Å². The largest absolute Gasteiger partial charge is 0.398 e. The summed E-state index contributed by atoms with van der Waals surface area (Å²) >= 11 is 0. The summed E-state index contributed by atoms with van der Waals surface area (Å²) in [6.07, 6.45) is 9.07. The molecule has 3 aromatic heterocycles. The van der Waals surface area contributed by atoms with Gasteiger partial charge in [0.15, 0.2) is 6.21 Å². The van der Waals surface area contributed by atoms with Crippen LogP contribution in [-0.4, -0.2) is 50.0 Å². The van der Waals surface area contributed by atoms with Crippen LogP contribution in [0.2, 0.25) is 0 Å². The van der Waals surface area contributed by atoms with E-state index < -0.39 is 0 Å². The number of nitrogens with two attached hydrogens (primary N) is 2. The van der Waals surface area contributed by atoms with E-state index in [9.17, 15) is 4.79 Å². The molecule has 0 aliphatic carbocycles. The molecule has 0 bridgehead atoms. The molecule has 9 nitrogen and oxygen atoms in total. The van der Waals surface area contributed by atoms with Crippen molar-refractivity contribution in [2.45, 2.75) is 6.42 Å². The number of fused-ring (bicyclic) bond motifs is 1. The van der Waals surface area contributed by atoms with Gasteiger partial charge in [-0.1, -0.05) is 6.08 Å². The molecular weight excluding hydrogens is 416 g/mol. The maximum absolute atomic E-state index is 12.7. The van der Waals surface area contributed by atoms with Gasteiger partial charge >= 0.3 is 0 Å². The molecule has 6 N–H and O–H groups in total. The number of nitrogens with zero attached hydrogens (tertiary/aromatic N) is 4. The summed E-state index contributed by atoms with van der Waals surface area (Å²) in [6.45, 7) is 1.18. The molecular formula is C24H23N8O+. The molecule has 164 valence electrons. The van der Waals surface area contributed by atoms with Crippen LogP contribution >= 0.6 is 0 Å². The number of pyridine rings is 1. The molecule has 0 saturated carbocycles. The van der Waals surface area contributed by atoms with Crippen molar-refractivity contribution >= 4 is 45.9 Å². The number of amides is 1. The second kappa shape index (κ2) is 8.54. The van der Waals surface area contributed by atoms with E-state index in [2.05, 4.69) is 31.3 Å². The molecule has 1 aliphatic rings. The van der Waals surface area contributed by atoms with Crippen LogP contribution in [-0.2, 0) is 0 Å². The van der Waals surface area contributed by atoms with E-state index in [-0.39, 0.29) is 5.91 Å². The van der Waals surface area contributed by atoms with Crippen LogP contribution in [0.5, 0.6) is 0 Å². The lowest BCUT2D eigenvalue weighted by Crippen LogP contribution is -2.34. The summed E-state index contributed by atoms with van der Waals surface area (Å²) in [6, 6.07) is 11.1. The van der Waals surface area contributed by atoms with Crippen molar-refractivity contribution in [2.75, 3.05) is 24.1 Å². The molecule has 0 unspecified atom stereocenters. The van der Waals surface area contributed by atoms with Crippen molar-refractivity contribution in [1.82, 2.24) is 24.8 Å². The molecule has 0 atom stereocenters. The Kier molecular flexibility index (Phi) is 5.27. The average Bonchev–Trinajstić information content (AvgIpc) is 3.31. The first kappa shape index (κ1) is 20.4. The van der Waals surface area contributed by atoms with Crippen LogP contribution in [0.3, 0.4) is 0 Å². The van der Waals surface area contributed by atoms with Crippen molar-refractivity contribution in [1.29, 1.82) is 0 Å². The lowest BCUT2D eigenvalue weighted by molar-refractivity contribution is -0.104. The zero-order valence-corrected chi connectivity index (χ0v) is 17.8. The molecule has 9 heteroatoms. The van der Waals surface area contributed by atoms with Gasteiger partial charge in [0.05, 0.1) is 16.5 Å². The molecule has 5 rings (SSSR count). The fraction of sp³-hybridized carbons (Fsp3) is 0.125. The summed E-state index contributed by atoms with van der Waals surface area (Å²) in [5, 5.41) is 9.85. The van der Waals surface area contributed by atoms with Crippen molar-refractivity contribution < 1.29 is 10.2 Å². The van der Waals surface area contributed by atoms with Gasteiger partial charge in [0.25, 0.3) is 5.91 Å². The predicted octanol–water partition coefficient (Wildman–Crippen LogP) is 1.79. The highest BCUT2D eigenvalue weighted by molar-refractivity contribution is 5.95. The topological polar surface area (TPSA) is 138 Å². The van der Waals surface area contributed by atoms with Crippen LogP contribution < -0.4 is 16.5 Å². The standard InChI is InChI=1S/C24H22N8O/c25-12-17-10-18(3-4-20(17)26)30-22-19-11-21(31-23(19)29-14-28-22)15-5-8-32(9-6-15)24(33)16-2-1-7-27-13-16/h1-5,7,10-14,25H,6,8-9,26H2,(H2,28,29,30,31)/p+1. The number of nitrogen functional groups attached to an aromatic ring is 1. The highest BCUT2D eigenvalue weighted by atomic mass is 16.2. The van der Waals surface area contributed by atoms with E-state index in [1.165, 1.54) is 12.5 Å². The van der Waals surface area contributed by atoms with Gasteiger partial charge in [-0.05, 0) is 48.4 Å². The van der Waals surface area contributed by atoms with Gasteiger partial charge < -0.3 is 20.9 Å². The fourth-order valence-corrected chi connectivity index (χ4v) is 3.92. The Labute approximate surface area is 189 Å². The van der Waals surface area contributed by atoms with E-state index in [0.29, 0.717) is 30.2 Å². The number of hydrogen-bond acceptors (Lipinski definition) is 6. The third-order valence-electron chi connectivity index (χ3n) is 5.71. The van der Waals surface area contributed by atoms with E-state index in [0.717, 1.165) is 40.0 Å². The maximum atomic E-state index is 12.7. The number of carbonyl (C=O) groups is 1. The first-order valence-electron chi connectivity index (χ1n) is 10.6. The SMILES string of the molecule is Nc1ccc(Nc2ncnc3[nH]c(C4=CCN(C(=O)c5cccnc5)CC4)cc23)cc1C=[NH2+].